The van der Waals surface area contributed by atoms with Crippen LogP contribution in [0.15, 0.2) is 88.8 Å². The van der Waals surface area contributed by atoms with Crippen LogP contribution in [0.1, 0.15) is 12.0 Å². The number of para-hydroxylation sites is 2. The van der Waals surface area contributed by atoms with Crippen LogP contribution in [0.3, 0.4) is 0 Å². The average molecular weight is 473 g/mol. The summed E-state index contributed by atoms with van der Waals surface area (Å²) in [6, 6.07) is 23.9. The fourth-order valence-corrected chi connectivity index (χ4v) is 4.45. The predicted octanol–water partition coefficient (Wildman–Crippen LogP) is 3.69. The standard InChI is InChI=1S/C26H24N4O3S/c1-18-11-13-20(14-12-18)30-25(33)21-9-5-6-10-22(21)28-26(30)34-17-24(32)29(16-15-23(27)31)19-7-3-2-4-8-19/h2-14H,15-17H2,1H3,(H2,27,31). The van der Waals surface area contributed by atoms with Crippen molar-refractivity contribution in [3.8, 4) is 5.69 Å². The van der Waals surface area contributed by atoms with Crippen molar-refractivity contribution in [2.75, 3.05) is 17.2 Å². The molecule has 8 heteroatoms. The topological polar surface area (TPSA) is 98.3 Å². The number of aryl methyl sites for hydroxylation is 1. The molecule has 1 aromatic heterocycles. The number of benzene rings is 3. The fourth-order valence-electron chi connectivity index (χ4n) is 3.56. The van der Waals surface area contributed by atoms with E-state index in [0.717, 1.165) is 5.56 Å². The summed E-state index contributed by atoms with van der Waals surface area (Å²) in [5.41, 5.74) is 8.12. The molecule has 0 saturated heterocycles. The number of thioether (sulfide) groups is 1. The number of aromatic nitrogens is 2. The highest BCUT2D eigenvalue weighted by Gasteiger charge is 2.19. The summed E-state index contributed by atoms with van der Waals surface area (Å²) in [6.07, 6.45) is 0.0492. The zero-order chi connectivity index (χ0) is 24.1. The zero-order valence-corrected chi connectivity index (χ0v) is 19.5. The maximum Gasteiger partial charge on any atom is 0.266 e. The summed E-state index contributed by atoms with van der Waals surface area (Å²) in [4.78, 5) is 44.2. The van der Waals surface area contributed by atoms with Crippen molar-refractivity contribution in [2.45, 2.75) is 18.5 Å². The van der Waals surface area contributed by atoms with Crippen LogP contribution in [0.5, 0.6) is 0 Å². The molecule has 0 aliphatic carbocycles. The number of carbonyl (C=O) groups is 2. The number of carbonyl (C=O) groups excluding carboxylic acids is 2. The van der Waals surface area contributed by atoms with Gasteiger partial charge in [-0.25, -0.2) is 4.98 Å². The highest BCUT2D eigenvalue weighted by Crippen LogP contribution is 2.23. The SMILES string of the molecule is Cc1ccc(-n2c(SCC(=O)N(CCC(N)=O)c3ccccc3)nc3ccccc3c2=O)cc1. The van der Waals surface area contributed by atoms with Crippen molar-refractivity contribution in [3.63, 3.8) is 0 Å². The molecule has 34 heavy (non-hydrogen) atoms. The smallest absolute Gasteiger partial charge is 0.266 e. The number of anilines is 1. The van der Waals surface area contributed by atoms with Gasteiger partial charge in [0.1, 0.15) is 0 Å². The van der Waals surface area contributed by atoms with E-state index in [1.54, 1.807) is 30.3 Å². The molecule has 4 aromatic rings. The van der Waals surface area contributed by atoms with Crippen LogP contribution >= 0.6 is 11.8 Å². The van der Waals surface area contributed by atoms with Gasteiger partial charge in [-0.3, -0.25) is 19.0 Å². The van der Waals surface area contributed by atoms with Gasteiger partial charge in [-0.1, -0.05) is 59.8 Å². The van der Waals surface area contributed by atoms with E-state index in [2.05, 4.69) is 0 Å². The molecule has 0 fully saturated rings. The van der Waals surface area contributed by atoms with Crippen molar-refractivity contribution in [2.24, 2.45) is 5.73 Å². The number of fused-ring (bicyclic) bond motifs is 1. The summed E-state index contributed by atoms with van der Waals surface area (Å²) in [6.45, 7) is 2.15. The number of hydrogen-bond acceptors (Lipinski definition) is 5. The Labute approximate surface area is 201 Å². The van der Waals surface area contributed by atoms with Crippen molar-refractivity contribution in [1.29, 1.82) is 0 Å². The quantitative estimate of drug-likeness (QED) is 0.312. The minimum absolute atomic E-state index is 0.0320. The van der Waals surface area contributed by atoms with E-state index in [1.165, 1.54) is 21.2 Å². The Morgan fingerprint density at radius 2 is 1.65 bits per heavy atom. The van der Waals surface area contributed by atoms with Gasteiger partial charge in [-0.15, -0.1) is 0 Å². The Morgan fingerprint density at radius 1 is 0.971 bits per heavy atom. The lowest BCUT2D eigenvalue weighted by Crippen LogP contribution is -2.35. The van der Waals surface area contributed by atoms with Crippen LogP contribution in [-0.2, 0) is 9.59 Å². The highest BCUT2D eigenvalue weighted by molar-refractivity contribution is 7.99. The van der Waals surface area contributed by atoms with Gasteiger partial charge in [0.25, 0.3) is 5.56 Å². The first kappa shape index (κ1) is 23.3. The number of primary amides is 1. The van der Waals surface area contributed by atoms with Crippen LogP contribution in [0.4, 0.5) is 5.69 Å². The Balaban J connectivity index is 1.68. The largest absolute Gasteiger partial charge is 0.370 e. The van der Waals surface area contributed by atoms with Crippen molar-refractivity contribution >= 4 is 40.2 Å². The summed E-state index contributed by atoms with van der Waals surface area (Å²) < 4.78 is 1.54. The predicted molar refractivity (Wildman–Crippen MR) is 135 cm³/mol. The highest BCUT2D eigenvalue weighted by atomic mass is 32.2. The van der Waals surface area contributed by atoms with Gasteiger partial charge in [0.15, 0.2) is 5.16 Å². The summed E-state index contributed by atoms with van der Waals surface area (Å²) in [5.74, 6) is -0.661. The van der Waals surface area contributed by atoms with Gasteiger partial charge >= 0.3 is 0 Å². The average Bonchev–Trinajstić information content (AvgIpc) is 2.84. The number of amides is 2. The first-order chi connectivity index (χ1) is 16.4. The third kappa shape index (κ3) is 5.18. The van der Waals surface area contributed by atoms with Crippen LogP contribution in [0.2, 0.25) is 0 Å². The van der Waals surface area contributed by atoms with Gasteiger partial charge in [0.05, 0.1) is 22.3 Å². The normalized spacial score (nSPS) is 10.9. The maximum atomic E-state index is 13.4. The zero-order valence-electron chi connectivity index (χ0n) is 18.7. The summed E-state index contributed by atoms with van der Waals surface area (Å²) in [5, 5.41) is 0.926. The second-order valence-corrected chi connectivity index (χ2v) is 8.72. The van der Waals surface area contributed by atoms with E-state index < -0.39 is 5.91 Å². The molecule has 0 radical (unpaired) electrons. The van der Waals surface area contributed by atoms with Crippen LogP contribution in [0, 0.1) is 6.92 Å². The second kappa shape index (κ2) is 10.4. The Hall–Kier alpha value is -3.91. The van der Waals surface area contributed by atoms with Crippen LogP contribution < -0.4 is 16.2 Å². The fraction of sp³-hybridized carbons (Fsp3) is 0.154. The minimum Gasteiger partial charge on any atom is -0.370 e. The lowest BCUT2D eigenvalue weighted by Gasteiger charge is -2.22. The number of nitrogens with zero attached hydrogens (tertiary/aromatic N) is 3. The first-order valence-electron chi connectivity index (χ1n) is 10.8. The van der Waals surface area contributed by atoms with E-state index in [9.17, 15) is 14.4 Å². The van der Waals surface area contributed by atoms with E-state index >= 15 is 0 Å². The van der Waals surface area contributed by atoms with Crippen LogP contribution in [0.25, 0.3) is 16.6 Å². The van der Waals surface area contributed by atoms with Gasteiger partial charge in [-0.05, 0) is 43.3 Å². The molecule has 0 spiro atoms. The molecule has 2 amide bonds. The summed E-state index contributed by atoms with van der Waals surface area (Å²) in [7, 11) is 0. The van der Waals surface area contributed by atoms with Gasteiger partial charge in [0.2, 0.25) is 11.8 Å². The lowest BCUT2D eigenvalue weighted by atomic mass is 10.2. The monoisotopic (exact) mass is 472 g/mol. The molecule has 0 atom stereocenters. The van der Waals surface area contributed by atoms with Gasteiger partial charge in [0, 0.05) is 18.7 Å². The maximum absolute atomic E-state index is 13.4. The third-order valence-corrected chi connectivity index (χ3v) is 6.24. The molecule has 3 aromatic carbocycles. The molecular weight excluding hydrogens is 448 g/mol. The van der Waals surface area contributed by atoms with Gasteiger partial charge in [-0.2, -0.15) is 0 Å². The molecule has 0 saturated carbocycles. The van der Waals surface area contributed by atoms with E-state index in [1.807, 2.05) is 55.5 Å². The molecule has 2 N–H and O–H groups in total. The molecule has 0 bridgehead atoms. The van der Waals surface area contributed by atoms with E-state index in [4.69, 9.17) is 10.7 Å². The molecule has 172 valence electrons. The van der Waals surface area contributed by atoms with Crippen molar-refractivity contribution in [1.82, 2.24) is 9.55 Å². The van der Waals surface area contributed by atoms with Crippen molar-refractivity contribution in [3.05, 3.63) is 94.8 Å². The minimum atomic E-state index is -0.481. The summed E-state index contributed by atoms with van der Waals surface area (Å²) >= 11 is 1.18. The molecule has 4 rings (SSSR count). The molecule has 7 nitrogen and oxygen atoms in total. The Kier molecular flexibility index (Phi) is 7.08. The molecule has 1 heterocycles. The first-order valence-corrected chi connectivity index (χ1v) is 11.8. The Bertz CT molecular complexity index is 1390. The number of rotatable bonds is 8. The van der Waals surface area contributed by atoms with Gasteiger partial charge < -0.3 is 10.6 Å². The molecule has 0 aliphatic heterocycles. The molecular formula is C26H24N4O3S. The molecule has 0 unspecified atom stereocenters. The number of hydrogen-bond donors (Lipinski definition) is 1. The number of nitrogens with two attached hydrogens (primary N) is 1. The third-order valence-electron chi connectivity index (χ3n) is 5.31. The molecule has 0 aliphatic rings. The Morgan fingerprint density at radius 3 is 2.35 bits per heavy atom. The second-order valence-electron chi connectivity index (χ2n) is 7.77. The van der Waals surface area contributed by atoms with E-state index in [0.29, 0.717) is 27.4 Å². The van der Waals surface area contributed by atoms with E-state index in [-0.39, 0.29) is 30.2 Å². The lowest BCUT2D eigenvalue weighted by molar-refractivity contribution is -0.118. The van der Waals surface area contributed by atoms with Crippen molar-refractivity contribution < 1.29 is 9.59 Å². The van der Waals surface area contributed by atoms with Crippen LogP contribution in [-0.4, -0.2) is 33.7 Å².